The first-order chi connectivity index (χ1) is 10.0. The Morgan fingerprint density at radius 1 is 1.05 bits per heavy atom. The Morgan fingerprint density at radius 3 is 2.19 bits per heavy atom. The second-order valence-electron chi connectivity index (χ2n) is 4.36. The molecule has 1 N–H and O–H groups in total. The largest absolute Gasteiger partial charge is 0.478 e. The van der Waals surface area contributed by atoms with Crippen molar-refractivity contribution in [1.82, 2.24) is 0 Å². The Hall–Kier alpha value is -2.27. The molecule has 0 aromatic heterocycles. The molecule has 0 bridgehead atoms. The Bertz CT molecular complexity index is 632. The molecule has 0 saturated heterocycles. The van der Waals surface area contributed by atoms with Crippen LogP contribution in [0.1, 0.15) is 22.8 Å². The first kappa shape index (κ1) is 15.1. The van der Waals surface area contributed by atoms with Gasteiger partial charge >= 0.3 is 11.9 Å². The van der Waals surface area contributed by atoms with Gasteiger partial charge in [0.2, 0.25) is 0 Å². The lowest BCUT2D eigenvalue weighted by atomic mass is 10.1. The van der Waals surface area contributed by atoms with Crippen LogP contribution in [0, 0.1) is 0 Å². The molecule has 0 aliphatic rings. The van der Waals surface area contributed by atoms with Gasteiger partial charge in [-0.05, 0) is 42.0 Å². The number of carbonyl (C=O) groups excluding carboxylic acids is 1. The number of ether oxygens (including phenoxy) is 1. The van der Waals surface area contributed by atoms with Crippen LogP contribution in [0.5, 0.6) is 5.75 Å². The lowest BCUT2D eigenvalue weighted by molar-refractivity contribution is -0.131. The Balaban J connectivity index is 1.93. The zero-order chi connectivity index (χ0) is 15.2. The van der Waals surface area contributed by atoms with Crippen molar-refractivity contribution < 1.29 is 19.4 Å². The Morgan fingerprint density at radius 2 is 1.67 bits per heavy atom. The van der Waals surface area contributed by atoms with Gasteiger partial charge in [0.1, 0.15) is 5.75 Å². The lowest BCUT2D eigenvalue weighted by Crippen LogP contribution is -2.00. The molecule has 0 aliphatic carbocycles. The molecular weight excluding hydrogens is 288 g/mol. The third kappa shape index (κ3) is 4.65. The first-order valence-electron chi connectivity index (χ1n) is 6.28. The minimum atomic E-state index is -0.921. The van der Waals surface area contributed by atoms with E-state index in [1.165, 1.54) is 6.92 Å². The van der Waals surface area contributed by atoms with E-state index in [-0.39, 0.29) is 11.5 Å². The van der Waals surface area contributed by atoms with Crippen LogP contribution >= 0.6 is 11.8 Å². The summed E-state index contributed by atoms with van der Waals surface area (Å²) in [5.41, 5.74) is 1.34. The first-order valence-corrected chi connectivity index (χ1v) is 7.26. The van der Waals surface area contributed by atoms with E-state index in [9.17, 15) is 9.59 Å². The van der Waals surface area contributed by atoms with Gasteiger partial charge in [-0.2, -0.15) is 0 Å². The van der Waals surface area contributed by atoms with Crippen molar-refractivity contribution >= 4 is 23.7 Å². The van der Waals surface area contributed by atoms with E-state index in [0.29, 0.717) is 5.75 Å². The summed E-state index contributed by atoms with van der Waals surface area (Å²) in [6, 6.07) is 14.1. The quantitative estimate of drug-likeness (QED) is 0.519. The van der Waals surface area contributed by atoms with Gasteiger partial charge in [-0.3, -0.25) is 4.79 Å². The molecule has 0 fully saturated rings. The predicted molar refractivity (Wildman–Crippen MR) is 80.7 cm³/mol. The molecule has 4 nitrogen and oxygen atoms in total. The van der Waals surface area contributed by atoms with Crippen molar-refractivity contribution in [1.29, 1.82) is 0 Å². The van der Waals surface area contributed by atoms with E-state index in [4.69, 9.17) is 9.84 Å². The van der Waals surface area contributed by atoms with Gasteiger partial charge in [-0.1, -0.05) is 12.1 Å². The molecule has 0 aliphatic heterocycles. The zero-order valence-corrected chi connectivity index (χ0v) is 12.2. The number of carboxylic acid groups (broad SMARTS) is 1. The lowest BCUT2D eigenvalue weighted by Gasteiger charge is -2.04. The summed E-state index contributed by atoms with van der Waals surface area (Å²) in [4.78, 5) is 22.6. The Labute approximate surface area is 126 Å². The molecule has 0 radical (unpaired) electrons. The average molecular weight is 302 g/mol. The van der Waals surface area contributed by atoms with E-state index in [1.807, 2.05) is 24.3 Å². The van der Waals surface area contributed by atoms with Crippen molar-refractivity contribution in [3.63, 3.8) is 0 Å². The topological polar surface area (TPSA) is 63.6 Å². The SMILES string of the molecule is CC(=O)Oc1ccc(SCc2ccc(C(=O)O)cc2)cc1. The van der Waals surface area contributed by atoms with E-state index in [2.05, 4.69) is 0 Å². The summed E-state index contributed by atoms with van der Waals surface area (Å²) in [5, 5.41) is 8.83. The number of thioether (sulfide) groups is 1. The molecule has 21 heavy (non-hydrogen) atoms. The number of benzene rings is 2. The van der Waals surface area contributed by atoms with E-state index >= 15 is 0 Å². The van der Waals surface area contributed by atoms with Crippen molar-refractivity contribution in [2.45, 2.75) is 17.6 Å². The highest BCUT2D eigenvalue weighted by molar-refractivity contribution is 7.98. The summed E-state index contributed by atoms with van der Waals surface area (Å²) >= 11 is 1.63. The van der Waals surface area contributed by atoms with Crippen LogP contribution in [0.4, 0.5) is 0 Å². The van der Waals surface area contributed by atoms with Crippen molar-refractivity contribution in [2.75, 3.05) is 0 Å². The van der Waals surface area contributed by atoms with Gasteiger partial charge in [-0.15, -0.1) is 11.8 Å². The summed E-state index contributed by atoms with van der Waals surface area (Å²) in [7, 11) is 0. The van der Waals surface area contributed by atoms with Gasteiger partial charge in [0.25, 0.3) is 0 Å². The number of carboxylic acids is 1. The monoisotopic (exact) mass is 302 g/mol. The smallest absolute Gasteiger partial charge is 0.335 e. The average Bonchev–Trinajstić information content (AvgIpc) is 2.46. The maximum Gasteiger partial charge on any atom is 0.335 e. The molecule has 2 rings (SSSR count). The third-order valence-electron chi connectivity index (χ3n) is 2.69. The highest BCUT2D eigenvalue weighted by atomic mass is 32.2. The fourth-order valence-electron chi connectivity index (χ4n) is 1.68. The summed E-state index contributed by atoms with van der Waals surface area (Å²) < 4.78 is 4.96. The van der Waals surface area contributed by atoms with E-state index in [1.54, 1.807) is 36.0 Å². The number of carbonyl (C=O) groups is 2. The second-order valence-corrected chi connectivity index (χ2v) is 5.40. The minimum absolute atomic E-state index is 0.287. The predicted octanol–water partition coefficient (Wildman–Crippen LogP) is 3.60. The maximum atomic E-state index is 10.8. The van der Waals surface area contributed by atoms with Gasteiger partial charge in [0.05, 0.1) is 5.56 Å². The molecule has 0 atom stereocenters. The van der Waals surface area contributed by atoms with E-state index in [0.717, 1.165) is 16.2 Å². The fourth-order valence-corrected chi connectivity index (χ4v) is 2.53. The standard InChI is InChI=1S/C16H14O4S/c1-11(17)20-14-6-8-15(9-7-14)21-10-12-2-4-13(5-3-12)16(18)19/h2-9H,10H2,1H3,(H,18,19). The summed E-state index contributed by atoms with van der Waals surface area (Å²) in [6.07, 6.45) is 0. The van der Waals surface area contributed by atoms with Gasteiger partial charge in [-0.25, -0.2) is 4.79 Å². The van der Waals surface area contributed by atoms with Crippen LogP contribution in [0.25, 0.3) is 0 Å². The molecule has 2 aromatic carbocycles. The van der Waals surface area contributed by atoms with Crippen LogP contribution in [0.2, 0.25) is 0 Å². The summed E-state index contributed by atoms with van der Waals surface area (Å²) in [6.45, 7) is 1.36. The molecule has 0 heterocycles. The van der Waals surface area contributed by atoms with Crippen molar-refractivity contribution in [2.24, 2.45) is 0 Å². The molecule has 2 aromatic rings. The van der Waals surface area contributed by atoms with Gasteiger partial charge < -0.3 is 9.84 Å². The molecule has 5 heteroatoms. The normalized spacial score (nSPS) is 10.1. The highest BCUT2D eigenvalue weighted by Crippen LogP contribution is 2.25. The zero-order valence-electron chi connectivity index (χ0n) is 11.4. The highest BCUT2D eigenvalue weighted by Gasteiger charge is 2.03. The molecule has 0 amide bonds. The fraction of sp³-hybridized carbons (Fsp3) is 0.125. The van der Waals surface area contributed by atoms with Crippen molar-refractivity contribution in [3.8, 4) is 5.75 Å². The molecule has 108 valence electrons. The molecule has 0 spiro atoms. The van der Waals surface area contributed by atoms with Crippen molar-refractivity contribution in [3.05, 3.63) is 59.7 Å². The number of hydrogen-bond donors (Lipinski definition) is 1. The number of esters is 1. The number of hydrogen-bond acceptors (Lipinski definition) is 4. The maximum absolute atomic E-state index is 10.8. The molecule has 0 saturated carbocycles. The van der Waals surface area contributed by atoms with Crippen LogP contribution in [-0.2, 0) is 10.5 Å². The molecular formula is C16H14O4S. The number of rotatable bonds is 5. The van der Waals surface area contributed by atoms with Crippen LogP contribution in [0.3, 0.4) is 0 Å². The second kappa shape index (κ2) is 6.95. The minimum Gasteiger partial charge on any atom is -0.478 e. The molecule has 0 unspecified atom stereocenters. The summed E-state index contributed by atoms with van der Waals surface area (Å²) in [5.74, 6) is 0.00847. The third-order valence-corrected chi connectivity index (χ3v) is 3.77. The van der Waals surface area contributed by atoms with Crippen LogP contribution in [-0.4, -0.2) is 17.0 Å². The van der Waals surface area contributed by atoms with Gasteiger partial charge in [0.15, 0.2) is 0 Å². The van der Waals surface area contributed by atoms with E-state index < -0.39 is 5.97 Å². The Kier molecular flexibility index (Phi) is 5.00. The van der Waals surface area contributed by atoms with Crippen LogP contribution in [0.15, 0.2) is 53.4 Å². The van der Waals surface area contributed by atoms with Gasteiger partial charge in [0, 0.05) is 17.6 Å². The van der Waals surface area contributed by atoms with Crippen LogP contribution < -0.4 is 4.74 Å². The number of aromatic carboxylic acids is 1.